The molecule has 136 valence electrons. The number of aromatic nitrogens is 2. The molecule has 0 aromatic carbocycles. The standard InChI is InChI=1S/C9H10F3N3.C7H15NO/c10-9(11,12)8-7(5-13-6-14-8)15-3-1-2-4-15;1-6-5-7(9)3-4-8(6)2/h5-6H,1-4H2;6-7,9H,3-5H2,1-2H3. The maximum Gasteiger partial charge on any atom is 0.435 e. The van der Waals surface area contributed by atoms with E-state index in [2.05, 4.69) is 28.8 Å². The molecule has 0 amide bonds. The molecule has 5 nitrogen and oxygen atoms in total. The average Bonchev–Trinajstić information content (AvgIpc) is 3.05. The Labute approximate surface area is 140 Å². The number of hydrogen-bond donors (Lipinski definition) is 1. The minimum atomic E-state index is -4.40. The van der Waals surface area contributed by atoms with Gasteiger partial charge in [-0.15, -0.1) is 0 Å². The van der Waals surface area contributed by atoms with Crippen LogP contribution < -0.4 is 4.90 Å². The van der Waals surface area contributed by atoms with E-state index < -0.39 is 11.9 Å². The number of piperidine rings is 1. The lowest BCUT2D eigenvalue weighted by atomic mass is 10.0. The smallest absolute Gasteiger partial charge is 0.393 e. The number of hydrogen-bond acceptors (Lipinski definition) is 5. The summed E-state index contributed by atoms with van der Waals surface area (Å²) >= 11 is 0. The van der Waals surface area contributed by atoms with E-state index in [1.54, 1.807) is 4.90 Å². The van der Waals surface area contributed by atoms with Crippen LogP contribution in [0.15, 0.2) is 12.5 Å². The Morgan fingerprint density at radius 3 is 2.42 bits per heavy atom. The van der Waals surface area contributed by atoms with E-state index in [0.717, 1.165) is 38.6 Å². The topological polar surface area (TPSA) is 52.5 Å². The summed E-state index contributed by atoms with van der Waals surface area (Å²) in [5.41, 5.74) is -0.734. The number of nitrogens with zero attached hydrogens (tertiary/aromatic N) is 4. The van der Waals surface area contributed by atoms with Gasteiger partial charge in [0.15, 0.2) is 5.69 Å². The van der Waals surface area contributed by atoms with Gasteiger partial charge < -0.3 is 14.9 Å². The molecule has 0 spiro atoms. The zero-order chi connectivity index (χ0) is 17.7. The number of halogens is 3. The van der Waals surface area contributed by atoms with Crippen LogP contribution in [0.5, 0.6) is 0 Å². The Balaban J connectivity index is 0.000000198. The quantitative estimate of drug-likeness (QED) is 0.847. The SMILES string of the molecule is CC1CC(O)CCN1C.FC(F)(F)c1ncncc1N1CCCC1. The highest BCUT2D eigenvalue weighted by molar-refractivity contribution is 5.50. The van der Waals surface area contributed by atoms with Gasteiger partial charge in [0.25, 0.3) is 0 Å². The van der Waals surface area contributed by atoms with Crippen molar-refractivity contribution in [1.82, 2.24) is 14.9 Å². The molecule has 0 saturated carbocycles. The van der Waals surface area contributed by atoms with Crippen molar-refractivity contribution < 1.29 is 18.3 Å². The van der Waals surface area contributed by atoms with Gasteiger partial charge in [-0.3, -0.25) is 0 Å². The molecule has 3 rings (SSSR count). The summed E-state index contributed by atoms with van der Waals surface area (Å²) in [6, 6.07) is 0.564. The predicted octanol–water partition coefficient (Wildman–Crippen LogP) is 2.56. The van der Waals surface area contributed by atoms with Gasteiger partial charge in [-0.1, -0.05) is 0 Å². The molecule has 8 heteroatoms. The first kappa shape index (κ1) is 18.9. The lowest BCUT2D eigenvalue weighted by Crippen LogP contribution is -2.39. The number of rotatable bonds is 1. The lowest BCUT2D eigenvalue weighted by molar-refractivity contribution is -0.140. The third-order valence-electron chi connectivity index (χ3n) is 4.59. The van der Waals surface area contributed by atoms with E-state index in [1.165, 1.54) is 6.20 Å². The first-order valence-electron chi connectivity index (χ1n) is 8.29. The highest BCUT2D eigenvalue weighted by Gasteiger charge is 2.37. The van der Waals surface area contributed by atoms with Gasteiger partial charge >= 0.3 is 6.18 Å². The van der Waals surface area contributed by atoms with Crippen molar-refractivity contribution in [2.75, 3.05) is 31.6 Å². The third-order valence-corrected chi connectivity index (χ3v) is 4.59. The van der Waals surface area contributed by atoms with Gasteiger partial charge in [0.05, 0.1) is 18.0 Å². The molecule has 2 atom stereocenters. The Morgan fingerprint density at radius 2 is 1.88 bits per heavy atom. The fourth-order valence-corrected chi connectivity index (χ4v) is 2.99. The van der Waals surface area contributed by atoms with Gasteiger partial charge in [-0.25, -0.2) is 9.97 Å². The largest absolute Gasteiger partial charge is 0.435 e. The number of aliphatic hydroxyl groups excluding tert-OH is 1. The summed E-state index contributed by atoms with van der Waals surface area (Å²) in [6.45, 7) is 4.50. The van der Waals surface area contributed by atoms with E-state index in [0.29, 0.717) is 19.1 Å². The second-order valence-electron chi connectivity index (χ2n) is 6.46. The van der Waals surface area contributed by atoms with Gasteiger partial charge in [-0.2, -0.15) is 13.2 Å². The van der Waals surface area contributed by atoms with E-state index in [4.69, 9.17) is 0 Å². The minimum Gasteiger partial charge on any atom is -0.393 e. The summed E-state index contributed by atoms with van der Waals surface area (Å²) in [6.07, 6.45) is 1.45. The molecule has 0 bridgehead atoms. The average molecular weight is 346 g/mol. The number of alkyl halides is 3. The molecule has 24 heavy (non-hydrogen) atoms. The summed E-state index contributed by atoms with van der Waals surface area (Å²) in [4.78, 5) is 10.9. The fraction of sp³-hybridized carbons (Fsp3) is 0.750. The van der Waals surface area contributed by atoms with Crippen LogP contribution in [0, 0.1) is 0 Å². The molecule has 0 aliphatic carbocycles. The van der Waals surface area contributed by atoms with Crippen molar-refractivity contribution in [3.8, 4) is 0 Å². The molecule has 2 saturated heterocycles. The molecule has 2 unspecified atom stereocenters. The molecule has 1 N–H and O–H groups in total. The van der Waals surface area contributed by atoms with Crippen LogP contribution in [0.25, 0.3) is 0 Å². The van der Waals surface area contributed by atoms with Crippen LogP contribution >= 0.6 is 0 Å². The lowest BCUT2D eigenvalue weighted by Gasteiger charge is -2.32. The molecule has 1 aromatic rings. The number of aliphatic hydroxyl groups is 1. The van der Waals surface area contributed by atoms with Crippen LogP contribution in [0.3, 0.4) is 0 Å². The summed E-state index contributed by atoms with van der Waals surface area (Å²) in [7, 11) is 2.11. The predicted molar refractivity (Wildman–Crippen MR) is 85.8 cm³/mol. The van der Waals surface area contributed by atoms with E-state index >= 15 is 0 Å². The molecule has 3 heterocycles. The molecule has 2 aliphatic rings. The second kappa shape index (κ2) is 8.11. The molecule has 1 aromatic heterocycles. The van der Waals surface area contributed by atoms with Crippen LogP contribution in [0.2, 0.25) is 0 Å². The van der Waals surface area contributed by atoms with E-state index in [-0.39, 0.29) is 11.8 Å². The summed E-state index contributed by atoms with van der Waals surface area (Å²) < 4.78 is 37.8. The van der Waals surface area contributed by atoms with Crippen molar-refractivity contribution in [3.63, 3.8) is 0 Å². The molecular weight excluding hydrogens is 321 g/mol. The number of likely N-dealkylation sites (tertiary alicyclic amines) is 1. The molecule has 0 radical (unpaired) electrons. The maximum absolute atomic E-state index is 12.6. The Kier molecular flexibility index (Phi) is 6.40. The first-order valence-corrected chi connectivity index (χ1v) is 8.29. The van der Waals surface area contributed by atoms with Crippen molar-refractivity contribution in [3.05, 3.63) is 18.2 Å². The molecule has 2 fully saturated rings. The van der Waals surface area contributed by atoms with Crippen molar-refractivity contribution in [2.24, 2.45) is 0 Å². The maximum atomic E-state index is 12.6. The van der Waals surface area contributed by atoms with Gasteiger partial charge in [-0.05, 0) is 39.7 Å². The Bertz CT molecular complexity index is 520. The molecular formula is C16H25F3N4O. The van der Waals surface area contributed by atoms with E-state index in [9.17, 15) is 18.3 Å². The van der Waals surface area contributed by atoms with Crippen molar-refractivity contribution >= 4 is 5.69 Å². The fourth-order valence-electron chi connectivity index (χ4n) is 2.99. The van der Waals surface area contributed by atoms with E-state index in [1.807, 2.05) is 0 Å². The van der Waals surface area contributed by atoms with Crippen LogP contribution in [-0.4, -0.2) is 58.8 Å². The monoisotopic (exact) mass is 346 g/mol. The van der Waals surface area contributed by atoms with Crippen LogP contribution in [0.1, 0.15) is 38.3 Å². The first-order chi connectivity index (χ1) is 11.3. The van der Waals surface area contributed by atoms with Crippen LogP contribution in [0.4, 0.5) is 18.9 Å². The minimum absolute atomic E-state index is 0.0452. The summed E-state index contributed by atoms with van der Waals surface area (Å²) in [5, 5.41) is 9.17. The van der Waals surface area contributed by atoms with Crippen molar-refractivity contribution in [2.45, 2.75) is 50.9 Å². The van der Waals surface area contributed by atoms with Gasteiger partial charge in [0.2, 0.25) is 0 Å². The normalized spacial score (nSPS) is 25.3. The number of anilines is 1. The molecule has 2 aliphatic heterocycles. The van der Waals surface area contributed by atoms with Crippen LogP contribution in [-0.2, 0) is 6.18 Å². The highest BCUT2D eigenvalue weighted by Crippen LogP contribution is 2.35. The van der Waals surface area contributed by atoms with Gasteiger partial charge in [0, 0.05) is 25.7 Å². The zero-order valence-corrected chi connectivity index (χ0v) is 14.1. The second-order valence-corrected chi connectivity index (χ2v) is 6.46. The Hall–Kier alpha value is -1.41. The highest BCUT2D eigenvalue weighted by atomic mass is 19.4. The van der Waals surface area contributed by atoms with Crippen molar-refractivity contribution in [1.29, 1.82) is 0 Å². The zero-order valence-electron chi connectivity index (χ0n) is 14.1. The third kappa shape index (κ3) is 5.04. The van der Waals surface area contributed by atoms with Gasteiger partial charge in [0.1, 0.15) is 6.33 Å². The Morgan fingerprint density at radius 1 is 1.21 bits per heavy atom. The summed E-state index contributed by atoms with van der Waals surface area (Å²) in [5.74, 6) is 0.